The van der Waals surface area contributed by atoms with Crippen LogP contribution in [-0.2, 0) is 39.9 Å². The van der Waals surface area contributed by atoms with Crippen LogP contribution in [0.3, 0.4) is 0 Å². The summed E-state index contributed by atoms with van der Waals surface area (Å²) in [6, 6.07) is 0. The van der Waals surface area contributed by atoms with E-state index in [1.165, 1.54) is 113 Å². The predicted octanol–water partition coefficient (Wildman–Crippen LogP) is 4.03. The number of unbranched alkanes of at least 4 members (excludes halogenated alkanes) is 13. The normalized spacial score (nSPS) is 9.84. The standard InChI is InChI=1S/C16H33.Fe.Na.H3O4P.H2O.Zn.H/c1-3-5-7-9-11-13-15-16-14-12-10-8-6-4-2;;;1-5(2,3)4;;;/h1,3-16H2,2H3;;;(H3,1,2,3,4);1H2;;. The number of rotatable bonds is 14. The Kier molecular flexibility index (Phi) is 46.9. The molecule has 0 heterocycles. The van der Waals surface area contributed by atoms with Crippen LogP contribution in [0.5, 0.6) is 0 Å². The van der Waals surface area contributed by atoms with Crippen LogP contribution in [0.15, 0.2) is 0 Å². The van der Waals surface area contributed by atoms with Crippen molar-refractivity contribution in [1.82, 2.24) is 0 Å². The number of hydrogen-bond acceptors (Lipinski definition) is 1. The summed E-state index contributed by atoms with van der Waals surface area (Å²) in [6.07, 6.45) is 20.7. The van der Waals surface area contributed by atoms with Crippen LogP contribution in [0.25, 0.3) is 0 Å². The molecule has 0 aromatic carbocycles. The summed E-state index contributed by atoms with van der Waals surface area (Å²) >= 11 is 1.50. The fourth-order valence-corrected chi connectivity index (χ4v) is 3.11. The molecule has 0 fully saturated rings. The van der Waals surface area contributed by atoms with E-state index in [1.807, 2.05) is 0 Å². The van der Waals surface area contributed by atoms with Crippen molar-refractivity contribution in [2.24, 2.45) is 0 Å². The molecule has 0 aromatic rings. The van der Waals surface area contributed by atoms with Gasteiger partial charge in [0.05, 0.1) is 0 Å². The van der Waals surface area contributed by atoms with Gasteiger partial charge >= 0.3 is 131 Å². The quantitative estimate of drug-likeness (QED) is 0.196. The Morgan fingerprint density at radius 3 is 1.08 bits per heavy atom. The molecule has 5 nitrogen and oxygen atoms in total. The molecule has 0 aromatic heterocycles. The van der Waals surface area contributed by atoms with E-state index >= 15 is 0 Å². The van der Waals surface area contributed by atoms with Crippen molar-refractivity contribution in [3.05, 3.63) is 0 Å². The molecule has 9 heteroatoms. The van der Waals surface area contributed by atoms with E-state index in [2.05, 4.69) is 6.92 Å². The zero-order valence-corrected chi connectivity index (χ0v) is 20.3. The van der Waals surface area contributed by atoms with Crippen molar-refractivity contribution in [1.29, 1.82) is 0 Å². The Hall–Kier alpha value is 2.21. The SMILES string of the molecule is CCCCCCCCCCCCCCC[CH2][Zn].O.O=P(O)(O)O.[Fe].[NaH]. The zero-order valence-electron chi connectivity index (χ0n) is 15.4. The Balaban J connectivity index is -0.000000147. The molecule has 0 radical (unpaired) electrons. The Morgan fingerprint density at radius 2 is 0.880 bits per heavy atom. The van der Waals surface area contributed by atoms with Crippen molar-refractivity contribution in [3.8, 4) is 0 Å². The molecule has 0 rings (SSSR count). The van der Waals surface area contributed by atoms with E-state index in [-0.39, 0.29) is 52.1 Å². The monoisotopic (exact) mass is 485 g/mol. The average Bonchev–Trinajstić information content (AvgIpc) is 2.42. The van der Waals surface area contributed by atoms with Gasteiger partial charge in [0.1, 0.15) is 0 Å². The van der Waals surface area contributed by atoms with E-state index in [1.54, 1.807) is 0 Å². The molecule has 0 unspecified atom stereocenters. The first-order valence-corrected chi connectivity index (χ1v) is 12.7. The molecule has 0 saturated carbocycles. The molecule has 0 aliphatic carbocycles. The van der Waals surface area contributed by atoms with Crippen molar-refractivity contribution < 1.29 is 60.1 Å². The fraction of sp³-hybridized carbons (Fsp3) is 1.00. The van der Waals surface area contributed by atoms with Crippen molar-refractivity contribution in [2.75, 3.05) is 0 Å². The summed E-state index contributed by atoms with van der Waals surface area (Å²) in [5.41, 5.74) is 0. The van der Waals surface area contributed by atoms with Crippen molar-refractivity contribution in [3.63, 3.8) is 0 Å². The Morgan fingerprint density at radius 1 is 0.680 bits per heavy atom. The van der Waals surface area contributed by atoms with Crippen LogP contribution < -0.4 is 0 Å². The van der Waals surface area contributed by atoms with Gasteiger partial charge in [-0.25, -0.2) is 4.57 Å². The summed E-state index contributed by atoms with van der Waals surface area (Å²) < 4.78 is 8.88. The van der Waals surface area contributed by atoms with Gasteiger partial charge in [-0.3, -0.25) is 0 Å². The topological polar surface area (TPSA) is 109 Å². The minimum absolute atomic E-state index is 0. The van der Waals surface area contributed by atoms with Gasteiger partial charge in [-0.1, -0.05) is 26.2 Å². The van der Waals surface area contributed by atoms with Gasteiger partial charge in [0.15, 0.2) is 0 Å². The first kappa shape index (κ1) is 37.9. The van der Waals surface area contributed by atoms with Crippen LogP contribution in [0.1, 0.15) is 96.8 Å². The van der Waals surface area contributed by atoms with Crippen LogP contribution in [0, 0.1) is 0 Å². The van der Waals surface area contributed by atoms with Crippen molar-refractivity contribution >= 4 is 37.4 Å². The summed E-state index contributed by atoms with van der Waals surface area (Å²) in [7, 11) is -4.64. The summed E-state index contributed by atoms with van der Waals surface area (Å²) in [5.74, 6) is 0. The number of phosphoric acid groups is 1. The summed E-state index contributed by atoms with van der Waals surface area (Å²) in [6.45, 7) is 2.29. The molecule has 0 spiro atoms. The third-order valence-electron chi connectivity index (χ3n) is 3.60. The third-order valence-corrected chi connectivity index (χ3v) is 4.65. The molecule has 0 saturated heterocycles. The van der Waals surface area contributed by atoms with Gasteiger partial charge < -0.3 is 20.2 Å². The van der Waals surface area contributed by atoms with Gasteiger partial charge in [0.25, 0.3) is 0 Å². The van der Waals surface area contributed by atoms with Crippen molar-refractivity contribution in [2.45, 2.75) is 102 Å². The van der Waals surface area contributed by atoms with E-state index in [9.17, 15) is 0 Å². The second-order valence-electron chi connectivity index (χ2n) is 5.96. The molecule has 0 atom stereocenters. The maximum absolute atomic E-state index is 8.88. The van der Waals surface area contributed by atoms with Crippen LogP contribution in [-0.4, -0.2) is 49.7 Å². The van der Waals surface area contributed by atoms with Crippen LogP contribution in [0.4, 0.5) is 0 Å². The van der Waals surface area contributed by atoms with Gasteiger partial charge in [-0.15, -0.1) is 0 Å². The first-order valence-electron chi connectivity index (χ1n) is 8.99. The second-order valence-corrected chi connectivity index (χ2v) is 8.47. The van der Waals surface area contributed by atoms with E-state index in [0.29, 0.717) is 0 Å². The molecule has 0 bridgehead atoms. The minimum atomic E-state index is -4.64. The zero-order chi connectivity index (χ0) is 17.1. The molecule has 0 aliphatic heterocycles. The molecule has 5 N–H and O–H groups in total. The third kappa shape index (κ3) is 58.5. The maximum atomic E-state index is 8.88. The van der Waals surface area contributed by atoms with Gasteiger partial charge in [-0.05, 0) is 0 Å². The fourth-order valence-electron chi connectivity index (χ4n) is 2.37. The van der Waals surface area contributed by atoms with E-state index in [0.717, 1.165) is 0 Å². The predicted molar refractivity (Wildman–Crippen MR) is 100 cm³/mol. The molecular formula is C16H39FeNaO5PZn. The van der Waals surface area contributed by atoms with E-state index < -0.39 is 7.82 Å². The molecule has 0 amide bonds. The molecule has 149 valence electrons. The number of hydrogen-bond donors (Lipinski definition) is 3. The summed E-state index contributed by atoms with van der Waals surface area (Å²) in [5, 5.41) is 1.50. The first-order chi connectivity index (χ1) is 10.4. The Labute approximate surface area is 197 Å². The van der Waals surface area contributed by atoms with Crippen LogP contribution >= 0.6 is 7.82 Å². The molecule has 25 heavy (non-hydrogen) atoms. The second kappa shape index (κ2) is 30.9. The van der Waals surface area contributed by atoms with Gasteiger partial charge in [-0.2, -0.15) is 0 Å². The van der Waals surface area contributed by atoms with Gasteiger partial charge in [0, 0.05) is 17.1 Å². The van der Waals surface area contributed by atoms with Crippen LogP contribution in [0.2, 0.25) is 5.02 Å². The summed E-state index contributed by atoms with van der Waals surface area (Å²) in [4.78, 5) is 21.6. The molecule has 0 aliphatic rings. The van der Waals surface area contributed by atoms with E-state index in [4.69, 9.17) is 19.2 Å². The van der Waals surface area contributed by atoms with Gasteiger partial charge in [0.2, 0.25) is 0 Å². The molecular weight excluding hydrogens is 447 g/mol. The Bertz CT molecular complexity index is 238. The average molecular weight is 487 g/mol.